The molecule has 162 valence electrons. The monoisotopic (exact) mass is 454 g/mol. The summed E-state index contributed by atoms with van der Waals surface area (Å²) in [4.78, 5) is 12.5. The Bertz CT molecular complexity index is 1010. The molecule has 1 amide bonds. The van der Waals surface area contributed by atoms with Gasteiger partial charge in [0.25, 0.3) is 0 Å². The van der Waals surface area contributed by atoms with Gasteiger partial charge in [0, 0.05) is 18.9 Å². The van der Waals surface area contributed by atoms with Crippen LogP contribution in [0.25, 0.3) is 0 Å². The second-order valence-corrected chi connectivity index (χ2v) is 9.53. The molecule has 1 N–H and O–H groups in total. The first-order chi connectivity index (χ1) is 15.2. The van der Waals surface area contributed by atoms with Crippen molar-refractivity contribution in [2.45, 2.75) is 56.1 Å². The van der Waals surface area contributed by atoms with Crippen molar-refractivity contribution < 1.29 is 4.79 Å². The lowest BCUT2D eigenvalue weighted by atomic mass is 9.90. The molecule has 1 aromatic carbocycles. The van der Waals surface area contributed by atoms with Gasteiger partial charge < -0.3 is 4.57 Å². The molecule has 4 rings (SSSR count). The molecule has 1 saturated carbocycles. The largest absolute Gasteiger partial charge is 0.302 e. The highest BCUT2D eigenvalue weighted by Gasteiger charge is 2.20. The maximum atomic E-state index is 12.5. The van der Waals surface area contributed by atoms with E-state index in [2.05, 4.69) is 44.4 Å². The number of hydrogen-bond donors (Lipinski definition) is 1. The van der Waals surface area contributed by atoms with Crippen molar-refractivity contribution in [1.82, 2.24) is 25.0 Å². The highest BCUT2D eigenvalue weighted by molar-refractivity contribution is 7.99. The molecule has 1 aliphatic rings. The van der Waals surface area contributed by atoms with Crippen LogP contribution in [-0.2, 0) is 17.8 Å². The third-order valence-electron chi connectivity index (χ3n) is 5.28. The molecule has 7 nitrogen and oxygen atoms in total. The van der Waals surface area contributed by atoms with Crippen LogP contribution in [0.4, 0.5) is 5.13 Å². The first-order valence-corrected chi connectivity index (χ1v) is 12.4. The van der Waals surface area contributed by atoms with Crippen molar-refractivity contribution in [3.63, 3.8) is 0 Å². The number of nitrogens with one attached hydrogen (secondary N) is 1. The Balaban J connectivity index is 1.34. The smallest absolute Gasteiger partial charge is 0.236 e. The van der Waals surface area contributed by atoms with Gasteiger partial charge in [0.1, 0.15) is 10.8 Å². The number of carbonyl (C=O) groups is 1. The van der Waals surface area contributed by atoms with Gasteiger partial charge in [-0.2, -0.15) is 0 Å². The lowest BCUT2D eigenvalue weighted by molar-refractivity contribution is -0.113. The molecule has 9 heteroatoms. The summed E-state index contributed by atoms with van der Waals surface area (Å²) in [5.41, 5.74) is 1.17. The van der Waals surface area contributed by atoms with Gasteiger partial charge in [-0.25, -0.2) is 0 Å². The van der Waals surface area contributed by atoms with E-state index in [1.54, 1.807) is 0 Å². The molecule has 2 heterocycles. The van der Waals surface area contributed by atoms with Crippen molar-refractivity contribution in [2.24, 2.45) is 0 Å². The fourth-order valence-corrected chi connectivity index (χ4v) is 5.43. The summed E-state index contributed by atoms with van der Waals surface area (Å²) in [6, 6.07) is 10.1. The van der Waals surface area contributed by atoms with Gasteiger partial charge in [0.2, 0.25) is 11.0 Å². The van der Waals surface area contributed by atoms with Gasteiger partial charge in [-0.1, -0.05) is 78.8 Å². The molecule has 1 aliphatic carbocycles. The van der Waals surface area contributed by atoms with Crippen molar-refractivity contribution in [2.75, 3.05) is 11.1 Å². The normalized spacial score (nSPS) is 14.5. The minimum Gasteiger partial charge on any atom is -0.302 e. The fraction of sp³-hybridized carbons (Fsp3) is 0.409. The Kier molecular flexibility index (Phi) is 7.48. The molecular formula is C22H26N6OS2. The van der Waals surface area contributed by atoms with Crippen LogP contribution in [0.2, 0.25) is 0 Å². The zero-order chi connectivity index (χ0) is 21.5. The average Bonchev–Trinajstić information content (AvgIpc) is 3.41. The molecule has 0 atom stereocenters. The highest BCUT2D eigenvalue weighted by Crippen LogP contribution is 2.35. The third kappa shape index (κ3) is 5.80. The van der Waals surface area contributed by atoms with Crippen LogP contribution in [0, 0.1) is 0 Å². The minimum atomic E-state index is -0.117. The number of anilines is 1. The Morgan fingerprint density at radius 1 is 1.16 bits per heavy atom. The van der Waals surface area contributed by atoms with E-state index in [0.717, 1.165) is 10.8 Å². The van der Waals surface area contributed by atoms with E-state index in [0.29, 0.717) is 29.2 Å². The Morgan fingerprint density at radius 2 is 1.97 bits per heavy atom. The van der Waals surface area contributed by atoms with Crippen molar-refractivity contribution in [3.8, 4) is 0 Å². The topological polar surface area (TPSA) is 85.6 Å². The van der Waals surface area contributed by atoms with E-state index in [1.807, 2.05) is 28.8 Å². The van der Waals surface area contributed by atoms with Gasteiger partial charge in [0.15, 0.2) is 5.16 Å². The second kappa shape index (κ2) is 10.7. The van der Waals surface area contributed by atoms with Crippen molar-refractivity contribution >= 4 is 34.1 Å². The molecule has 2 aromatic heterocycles. The maximum absolute atomic E-state index is 12.5. The Morgan fingerprint density at radius 3 is 2.74 bits per heavy atom. The van der Waals surface area contributed by atoms with E-state index >= 15 is 0 Å². The van der Waals surface area contributed by atoms with Crippen LogP contribution >= 0.6 is 23.1 Å². The third-order valence-corrected chi connectivity index (χ3v) is 7.25. The molecule has 0 radical (unpaired) electrons. The van der Waals surface area contributed by atoms with Gasteiger partial charge in [-0.05, 0) is 18.4 Å². The summed E-state index contributed by atoms with van der Waals surface area (Å²) < 4.78 is 2.00. The number of benzene rings is 1. The molecular weight excluding hydrogens is 428 g/mol. The summed E-state index contributed by atoms with van der Waals surface area (Å²) in [5.74, 6) is 1.47. The summed E-state index contributed by atoms with van der Waals surface area (Å²) >= 11 is 2.86. The number of carbonyl (C=O) groups excluding carboxylic acids is 1. The van der Waals surface area contributed by atoms with E-state index < -0.39 is 0 Å². The first kappa shape index (κ1) is 21.7. The number of allylic oxidation sites excluding steroid dienone is 1. The van der Waals surface area contributed by atoms with E-state index in [4.69, 9.17) is 0 Å². The molecule has 3 aromatic rings. The van der Waals surface area contributed by atoms with Crippen LogP contribution < -0.4 is 5.32 Å². The highest BCUT2D eigenvalue weighted by atomic mass is 32.2. The maximum Gasteiger partial charge on any atom is 0.236 e. The molecule has 0 bridgehead atoms. The van der Waals surface area contributed by atoms with Crippen molar-refractivity contribution in [3.05, 3.63) is 59.4 Å². The van der Waals surface area contributed by atoms with E-state index in [1.165, 1.54) is 60.8 Å². The second-order valence-electron chi connectivity index (χ2n) is 7.58. The molecule has 0 aliphatic heterocycles. The van der Waals surface area contributed by atoms with Crippen LogP contribution in [0.3, 0.4) is 0 Å². The van der Waals surface area contributed by atoms with Gasteiger partial charge >= 0.3 is 0 Å². The number of aromatic nitrogens is 5. The molecule has 0 saturated heterocycles. The summed E-state index contributed by atoms with van der Waals surface area (Å²) in [6.07, 6.45) is 8.64. The zero-order valence-electron chi connectivity index (χ0n) is 17.4. The fourth-order valence-electron chi connectivity index (χ4n) is 3.73. The number of hydrogen-bond acceptors (Lipinski definition) is 7. The first-order valence-electron chi connectivity index (χ1n) is 10.6. The quantitative estimate of drug-likeness (QED) is 0.373. The number of thioether (sulfide) groups is 1. The molecule has 0 spiro atoms. The Labute approximate surface area is 190 Å². The van der Waals surface area contributed by atoms with E-state index in [9.17, 15) is 4.79 Å². The predicted molar refractivity (Wildman–Crippen MR) is 125 cm³/mol. The Hall–Kier alpha value is -2.52. The standard InChI is InChI=1S/C22H26N6OS2/c1-2-13-28-18(14-16-9-5-3-6-10-16)24-27-22(28)30-15-19(29)23-21-26-25-20(31-21)17-11-7-4-8-12-17/h2-3,5-6,9-10,17H,1,4,7-8,11-15H2,(H,23,26,29). The van der Waals surface area contributed by atoms with Crippen molar-refractivity contribution in [1.29, 1.82) is 0 Å². The van der Waals surface area contributed by atoms with Crippen LogP contribution in [0.1, 0.15) is 54.4 Å². The number of rotatable bonds is 9. The number of nitrogens with zero attached hydrogens (tertiary/aromatic N) is 5. The molecule has 1 fully saturated rings. The van der Waals surface area contributed by atoms with Crippen LogP contribution in [-0.4, -0.2) is 36.6 Å². The molecule has 0 unspecified atom stereocenters. The molecule has 31 heavy (non-hydrogen) atoms. The zero-order valence-corrected chi connectivity index (χ0v) is 19.0. The SMILES string of the molecule is C=CCn1c(Cc2ccccc2)nnc1SCC(=O)Nc1nnc(C2CCCCC2)s1. The summed E-state index contributed by atoms with van der Waals surface area (Å²) in [7, 11) is 0. The van der Waals surface area contributed by atoms with Gasteiger partial charge in [-0.15, -0.1) is 27.0 Å². The summed E-state index contributed by atoms with van der Waals surface area (Å²) in [5, 5.41) is 22.3. The summed E-state index contributed by atoms with van der Waals surface area (Å²) in [6.45, 7) is 4.44. The van der Waals surface area contributed by atoms with Gasteiger partial charge in [0.05, 0.1) is 5.75 Å². The van der Waals surface area contributed by atoms with E-state index in [-0.39, 0.29) is 11.7 Å². The van der Waals surface area contributed by atoms with Crippen LogP contribution in [0.15, 0.2) is 48.1 Å². The number of amides is 1. The minimum absolute atomic E-state index is 0.117. The van der Waals surface area contributed by atoms with Gasteiger partial charge in [-0.3, -0.25) is 10.1 Å². The predicted octanol–water partition coefficient (Wildman–Crippen LogP) is 4.68. The lowest BCUT2D eigenvalue weighted by Crippen LogP contribution is -2.14. The van der Waals surface area contributed by atoms with Crippen LogP contribution in [0.5, 0.6) is 0 Å². The lowest BCUT2D eigenvalue weighted by Gasteiger charge is -2.18. The average molecular weight is 455 g/mol.